The Balaban J connectivity index is 2.70. The zero-order chi connectivity index (χ0) is 11.1. The molecule has 0 saturated heterocycles. The highest BCUT2D eigenvalue weighted by atomic mass is 16.5. The Bertz CT molecular complexity index is 377. The molecule has 3 nitrogen and oxygen atoms in total. The fraction of sp³-hybridized carbons (Fsp3) is 0.0833. The molecule has 0 unspecified atom stereocenters. The number of carboxylic acids is 1. The van der Waals surface area contributed by atoms with Crippen LogP contribution in [0, 0.1) is 0 Å². The molecule has 0 atom stereocenters. The molecule has 0 heterocycles. The van der Waals surface area contributed by atoms with Gasteiger partial charge in [0.25, 0.3) is 0 Å². The molecule has 0 aliphatic heterocycles. The third-order valence-corrected chi connectivity index (χ3v) is 1.77. The van der Waals surface area contributed by atoms with E-state index in [0.717, 1.165) is 5.56 Å². The van der Waals surface area contributed by atoms with E-state index < -0.39 is 5.97 Å². The number of ether oxygens (including phenoxy) is 1. The van der Waals surface area contributed by atoms with Gasteiger partial charge in [-0.1, -0.05) is 42.5 Å². The molecule has 0 bridgehead atoms. The van der Waals surface area contributed by atoms with Crippen molar-refractivity contribution in [2.45, 2.75) is 0 Å². The third kappa shape index (κ3) is 3.68. The first kappa shape index (κ1) is 11.0. The minimum Gasteiger partial charge on any atom is -0.490 e. The van der Waals surface area contributed by atoms with Gasteiger partial charge in [0.05, 0.1) is 7.11 Å². The van der Waals surface area contributed by atoms with Gasteiger partial charge < -0.3 is 9.84 Å². The molecule has 1 aromatic rings. The lowest BCUT2D eigenvalue weighted by Gasteiger charge is -1.96. The fourth-order valence-electron chi connectivity index (χ4n) is 1.04. The zero-order valence-electron chi connectivity index (χ0n) is 8.38. The van der Waals surface area contributed by atoms with Crippen LogP contribution in [-0.2, 0) is 9.53 Å². The van der Waals surface area contributed by atoms with Crippen LogP contribution in [0.1, 0.15) is 5.56 Å². The number of rotatable bonds is 4. The Hall–Kier alpha value is -2.03. The molecular formula is C12H12O3. The highest BCUT2D eigenvalue weighted by molar-refractivity contribution is 5.84. The van der Waals surface area contributed by atoms with Crippen LogP contribution in [-0.4, -0.2) is 18.2 Å². The van der Waals surface area contributed by atoms with E-state index in [4.69, 9.17) is 5.11 Å². The lowest BCUT2D eigenvalue weighted by Crippen LogP contribution is -2.01. The third-order valence-electron chi connectivity index (χ3n) is 1.77. The normalized spacial score (nSPS) is 11.7. The van der Waals surface area contributed by atoms with Crippen molar-refractivity contribution in [1.82, 2.24) is 0 Å². The van der Waals surface area contributed by atoms with E-state index in [1.54, 1.807) is 6.08 Å². The highest BCUT2D eigenvalue weighted by Crippen LogP contribution is 2.02. The molecule has 1 N–H and O–H groups in total. The maximum atomic E-state index is 10.5. The van der Waals surface area contributed by atoms with Gasteiger partial charge in [0.1, 0.15) is 0 Å². The molecule has 0 fully saturated rings. The van der Waals surface area contributed by atoms with Crippen LogP contribution < -0.4 is 0 Å². The molecule has 1 aromatic carbocycles. The van der Waals surface area contributed by atoms with E-state index in [-0.39, 0.29) is 5.76 Å². The first-order valence-corrected chi connectivity index (χ1v) is 4.44. The quantitative estimate of drug-likeness (QED) is 0.465. The SMILES string of the molecule is COC(=CC=Cc1ccccc1)C(=O)O. The number of hydrogen-bond donors (Lipinski definition) is 1. The number of allylic oxidation sites excluding steroid dienone is 2. The summed E-state index contributed by atoms with van der Waals surface area (Å²) in [4.78, 5) is 10.5. The summed E-state index contributed by atoms with van der Waals surface area (Å²) in [5.41, 5.74) is 1.01. The summed E-state index contributed by atoms with van der Waals surface area (Å²) in [6.07, 6.45) is 4.86. The van der Waals surface area contributed by atoms with E-state index in [1.807, 2.05) is 36.4 Å². The molecule has 0 aliphatic rings. The van der Waals surface area contributed by atoms with Gasteiger partial charge in [-0.15, -0.1) is 0 Å². The van der Waals surface area contributed by atoms with Gasteiger partial charge >= 0.3 is 5.97 Å². The summed E-state index contributed by atoms with van der Waals surface area (Å²) < 4.78 is 4.66. The van der Waals surface area contributed by atoms with Crippen LogP contribution in [0.15, 0.2) is 48.2 Å². The number of methoxy groups -OCH3 is 1. The predicted molar refractivity (Wildman–Crippen MR) is 58.2 cm³/mol. The van der Waals surface area contributed by atoms with E-state index in [1.165, 1.54) is 13.2 Å². The van der Waals surface area contributed by atoms with Crippen LogP contribution in [0.2, 0.25) is 0 Å². The second-order valence-corrected chi connectivity index (χ2v) is 2.81. The first-order chi connectivity index (χ1) is 7.24. The summed E-state index contributed by atoms with van der Waals surface area (Å²) in [5.74, 6) is -1.16. The second-order valence-electron chi connectivity index (χ2n) is 2.81. The smallest absolute Gasteiger partial charge is 0.371 e. The average molecular weight is 204 g/mol. The number of carboxylic acid groups (broad SMARTS) is 1. The standard InChI is InChI=1S/C12H12O3/c1-15-11(12(13)14)9-5-8-10-6-3-2-4-7-10/h2-9H,1H3,(H,13,14). The molecule has 0 spiro atoms. The molecule has 78 valence electrons. The maximum absolute atomic E-state index is 10.5. The molecule has 0 aliphatic carbocycles. The lowest BCUT2D eigenvalue weighted by molar-refractivity contribution is -0.136. The van der Waals surface area contributed by atoms with E-state index >= 15 is 0 Å². The summed E-state index contributed by atoms with van der Waals surface area (Å²) in [7, 11) is 1.33. The highest BCUT2D eigenvalue weighted by Gasteiger charge is 2.03. The molecule has 0 radical (unpaired) electrons. The monoisotopic (exact) mass is 204 g/mol. The van der Waals surface area contributed by atoms with Crippen molar-refractivity contribution in [3.63, 3.8) is 0 Å². The Morgan fingerprint density at radius 3 is 2.53 bits per heavy atom. The molecular weight excluding hydrogens is 192 g/mol. The molecule has 0 saturated carbocycles. The molecule has 0 aromatic heterocycles. The second kappa shape index (κ2) is 5.65. The van der Waals surface area contributed by atoms with E-state index in [0.29, 0.717) is 0 Å². The van der Waals surface area contributed by atoms with Gasteiger partial charge in [-0.3, -0.25) is 0 Å². The summed E-state index contributed by atoms with van der Waals surface area (Å²) in [5, 5.41) is 8.64. The number of carbonyl (C=O) groups is 1. The minimum atomic E-state index is -1.07. The van der Waals surface area contributed by atoms with Gasteiger partial charge in [-0.05, 0) is 11.6 Å². The van der Waals surface area contributed by atoms with Gasteiger partial charge in [-0.2, -0.15) is 0 Å². The van der Waals surface area contributed by atoms with Gasteiger partial charge in [0, 0.05) is 0 Å². The molecule has 0 amide bonds. The van der Waals surface area contributed by atoms with Crippen LogP contribution in [0.3, 0.4) is 0 Å². The van der Waals surface area contributed by atoms with Crippen molar-refractivity contribution in [2.24, 2.45) is 0 Å². The maximum Gasteiger partial charge on any atom is 0.371 e. The fourth-order valence-corrected chi connectivity index (χ4v) is 1.04. The summed E-state index contributed by atoms with van der Waals surface area (Å²) >= 11 is 0. The number of benzene rings is 1. The Labute approximate surface area is 88.3 Å². The van der Waals surface area contributed by atoms with Gasteiger partial charge in [0.15, 0.2) is 0 Å². The topological polar surface area (TPSA) is 46.5 Å². The van der Waals surface area contributed by atoms with Gasteiger partial charge in [0.2, 0.25) is 5.76 Å². The van der Waals surface area contributed by atoms with Crippen molar-refractivity contribution in [1.29, 1.82) is 0 Å². The van der Waals surface area contributed by atoms with Crippen LogP contribution in [0.5, 0.6) is 0 Å². The van der Waals surface area contributed by atoms with Crippen LogP contribution in [0.25, 0.3) is 6.08 Å². The van der Waals surface area contributed by atoms with Crippen LogP contribution in [0.4, 0.5) is 0 Å². The summed E-state index contributed by atoms with van der Waals surface area (Å²) in [6.45, 7) is 0. The van der Waals surface area contributed by atoms with Crippen molar-refractivity contribution < 1.29 is 14.6 Å². The summed E-state index contributed by atoms with van der Waals surface area (Å²) in [6, 6.07) is 9.61. The Kier molecular flexibility index (Phi) is 4.16. The van der Waals surface area contributed by atoms with Crippen molar-refractivity contribution in [3.05, 3.63) is 53.8 Å². The van der Waals surface area contributed by atoms with E-state index in [2.05, 4.69) is 4.74 Å². The zero-order valence-corrected chi connectivity index (χ0v) is 8.38. The molecule has 3 heteroatoms. The largest absolute Gasteiger partial charge is 0.490 e. The number of aliphatic carboxylic acids is 1. The Morgan fingerprint density at radius 1 is 1.33 bits per heavy atom. The van der Waals surface area contributed by atoms with Crippen LogP contribution >= 0.6 is 0 Å². The lowest BCUT2D eigenvalue weighted by atomic mass is 10.2. The van der Waals surface area contributed by atoms with Gasteiger partial charge in [-0.25, -0.2) is 4.79 Å². The minimum absolute atomic E-state index is 0.0813. The average Bonchev–Trinajstić information content (AvgIpc) is 2.25. The van der Waals surface area contributed by atoms with Crippen molar-refractivity contribution >= 4 is 12.0 Å². The number of hydrogen-bond acceptors (Lipinski definition) is 2. The Morgan fingerprint density at radius 2 is 2.00 bits per heavy atom. The molecule has 1 rings (SSSR count). The van der Waals surface area contributed by atoms with E-state index in [9.17, 15) is 4.79 Å². The predicted octanol–water partition coefficient (Wildman–Crippen LogP) is 2.31. The van der Waals surface area contributed by atoms with Crippen molar-refractivity contribution in [2.75, 3.05) is 7.11 Å². The van der Waals surface area contributed by atoms with Crippen molar-refractivity contribution in [3.8, 4) is 0 Å². The molecule has 15 heavy (non-hydrogen) atoms. The first-order valence-electron chi connectivity index (χ1n) is 4.44.